The molecule has 3 N–H and O–H groups in total. The van der Waals surface area contributed by atoms with E-state index in [-0.39, 0.29) is 30.0 Å². The second-order valence-electron chi connectivity index (χ2n) is 11.6. The number of carbonyl (C=O) groups excluding carboxylic acids is 2. The zero-order valence-corrected chi connectivity index (χ0v) is 22.6. The fourth-order valence-electron chi connectivity index (χ4n) is 5.31. The molecular formula is C29H37F3N4O3. The van der Waals surface area contributed by atoms with Crippen LogP contribution in [0, 0.1) is 0 Å². The Labute approximate surface area is 227 Å². The van der Waals surface area contributed by atoms with E-state index in [2.05, 4.69) is 15.6 Å². The zero-order chi connectivity index (χ0) is 28.4. The van der Waals surface area contributed by atoms with Gasteiger partial charge in [-0.15, -0.1) is 0 Å². The maximum absolute atomic E-state index is 14.0. The summed E-state index contributed by atoms with van der Waals surface area (Å²) >= 11 is 0. The number of rotatable bonds is 6. The van der Waals surface area contributed by atoms with Gasteiger partial charge in [-0.25, -0.2) is 0 Å². The van der Waals surface area contributed by atoms with Crippen LogP contribution < -0.4 is 15.5 Å². The first-order chi connectivity index (χ1) is 18.3. The number of nitrogens with zero attached hydrogens (tertiary/aromatic N) is 2. The Kier molecular flexibility index (Phi) is 8.66. The van der Waals surface area contributed by atoms with Crippen molar-refractivity contribution in [3.8, 4) is 0 Å². The van der Waals surface area contributed by atoms with Crippen molar-refractivity contribution in [3.63, 3.8) is 0 Å². The predicted octanol–water partition coefficient (Wildman–Crippen LogP) is 4.64. The Bertz CT molecular complexity index is 1160. The van der Waals surface area contributed by atoms with E-state index in [0.717, 1.165) is 43.7 Å². The number of hydrogen-bond donors (Lipinski definition) is 3. The molecule has 4 rings (SSSR count). The second kappa shape index (κ2) is 11.6. The molecule has 1 aromatic carbocycles. The van der Waals surface area contributed by atoms with Crippen LogP contribution in [0.15, 0.2) is 42.7 Å². The van der Waals surface area contributed by atoms with Crippen molar-refractivity contribution in [2.24, 2.45) is 0 Å². The SMILES string of the molecule is CC(C)(C)c1ccc(N(C(=O)C2CC(O)CN2)C(C(=O)NC2CCCCC2)c2cncc(C(F)(F)F)c2)cc1. The Hall–Kier alpha value is -2.98. The molecule has 1 saturated heterocycles. The normalized spacial score (nSPS) is 21.4. The number of pyridine rings is 1. The van der Waals surface area contributed by atoms with Crippen molar-refractivity contribution in [2.45, 2.75) is 95.1 Å². The molecular weight excluding hydrogens is 509 g/mol. The fraction of sp³-hybridized carbons (Fsp3) is 0.552. The molecule has 1 aliphatic carbocycles. The molecule has 2 aliphatic rings. The predicted molar refractivity (Wildman–Crippen MR) is 142 cm³/mol. The highest BCUT2D eigenvalue weighted by Gasteiger charge is 2.41. The molecule has 39 heavy (non-hydrogen) atoms. The van der Waals surface area contributed by atoms with Crippen LogP contribution in [0.25, 0.3) is 0 Å². The van der Waals surface area contributed by atoms with Gasteiger partial charge in [0.2, 0.25) is 11.8 Å². The number of halogens is 3. The molecule has 1 saturated carbocycles. The Morgan fingerprint density at radius 1 is 1.05 bits per heavy atom. The van der Waals surface area contributed by atoms with Gasteiger partial charge in [-0.3, -0.25) is 19.5 Å². The molecule has 3 unspecified atom stereocenters. The van der Waals surface area contributed by atoms with Crippen LogP contribution in [0.3, 0.4) is 0 Å². The summed E-state index contributed by atoms with van der Waals surface area (Å²) in [6.45, 7) is 6.34. The van der Waals surface area contributed by atoms with Gasteiger partial charge in [-0.1, -0.05) is 52.2 Å². The van der Waals surface area contributed by atoms with Gasteiger partial charge in [-0.05, 0) is 48.4 Å². The lowest BCUT2D eigenvalue weighted by Crippen LogP contribution is -2.51. The topological polar surface area (TPSA) is 94.6 Å². The number of nitrogens with one attached hydrogen (secondary N) is 2. The largest absolute Gasteiger partial charge is 0.417 e. The summed E-state index contributed by atoms with van der Waals surface area (Å²) in [5, 5.41) is 16.1. The maximum atomic E-state index is 14.0. The lowest BCUT2D eigenvalue weighted by Gasteiger charge is -2.35. The molecule has 0 bridgehead atoms. The average molecular weight is 547 g/mol. The number of alkyl halides is 3. The Balaban J connectivity index is 1.82. The van der Waals surface area contributed by atoms with Crippen molar-refractivity contribution < 1.29 is 27.9 Å². The lowest BCUT2D eigenvalue weighted by molar-refractivity contribution is -0.138. The monoisotopic (exact) mass is 546 g/mol. The number of anilines is 1. The smallest absolute Gasteiger partial charge is 0.392 e. The number of aliphatic hydroxyl groups is 1. The van der Waals surface area contributed by atoms with Crippen molar-refractivity contribution in [2.75, 3.05) is 11.4 Å². The molecule has 0 radical (unpaired) electrons. The van der Waals surface area contributed by atoms with E-state index < -0.39 is 41.7 Å². The highest BCUT2D eigenvalue weighted by Crippen LogP contribution is 2.35. The Morgan fingerprint density at radius 2 is 1.72 bits per heavy atom. The van der Waals surface area contributed by atoms with E-state index in [0.29, 0.717) is 11.9 Å². The highest BCUT2D eigenvalue weighted by molar-refractivity contribution is 6.04. The Morgan fingerprint density at radius 3 is 2.28 bits per heavy atom. The van der Waals surface area contributed by atoms with E-state index in [9.17, 15) is 27.9 Å². The molecule has 212 valence electrons. The summed E-state index contributed by atoms with van der Waals surface area (Å²) < 4.78 is 41.0. The number of β-amino-alcohol motifs (C(OH)–C–C–N with tert-alkyl or cyclic N) is 1. The quantitative estimate of drug-likeness (QED) is 0.491. The highest BCUT2D eigenvalue weighted by atomic mass is 19.4. The van der Waals surface area contributed by atoms with E-state index in [1.54, 1.807) is 12.1 Å². The number of amides is 2. The number of aliphatic hydroxyl groups excluding tert-OH is 1. The van der Waals surface area contributed by atoms with Crippen LogP contribution in [-0.4, -0.2) is 46.6 Å². The van der Waals surface area contributed by atoms with Crippen LogP contribution in [0.4, 0.5) is 18.9 Å². The summed E-state index contributed by atoms with van der Waals surface area (Å²) in [7, 11) is 0. The van der Waals surface area contributed by atoms with Gasteiger partial charge < -0.3 is 15.7 Å². The molecule has 1 aromatic heterocycles. The summed E-state index contributed by atoms with van der Waals surface area (Å²) in [5.41, 5.74) is 0.160. The van der Waals surface area contributed by atoms with Gasteiger partial charge in [0.25, 0.3) is 0 Å². The van der Waals surface area contributed by atoms with Gasteiger partial charge in [0, 0.05) is 36.2 Å². The summed E-state index contributed by atoms with van der Waals surface area (Å²) in [6, 6.07) is 5.70. The summed E-state index contributed by atoms with van der Waals surface area (Å²) in [4.78, 5) is 33.0. The van der Waals surface area contributed by atoms with Gasteiger partial charge in [0.15, 0.2) is 0 Å². The minimum Gasteiger partial charge on any atom is -0.392 e. The minimum atomic E-state index is -4.67. The van der Waals surface area contributed by atoms with Crippen molar-refractivity contribution >= 4 is 17.5 Å². The molecule has 1 aliphatic heterocycles. The van der Waals surface area contributed by atoms with Gasteiger partial charge in [0.1, 0.15) is 6.04 Å². The molecule has 2 amide bonds. The van der Waals surface area contributed by atoms with Crippen molar-refractivity contribution in [1.82, 2.24) is 15.6 Å². The third-order valence-corrected chi connectivity index (χ3v) is 7.52. The van der Waals surface area contributed by atoms with Crippen LogP contribution >= 0.6 is 0 Å². The molecule has 10 heteroatoms. The number of hydrogen-bond acceptors (Lipinski definition) is 5. The van der Waals surface area contributed by atoms with Gasteiger partial charge >= 0.3 is 6.18 Å². The van der Waals surface area contributed by atoms with Gasteiger partial charge in [-0.2, -0.15) is 13.2 Å². The molecule has 2 aromatic rings. The minimum absolute atomic E-state index is 0.0371. The van der Waals surface area contributed by atoms with Crippen LogP contribution in [-0.2, 0) is 21.2 Å². The molecule has 2 fully saturated rings. The second-order valence-corrected chi connectivity index (χ2v) is 11.6. The van der Waals surface area contributed by atoms with Crippen molar-refractivity contribution in [1.29, 1.82) is 0 Å². The van der Waals surface area contributed by atoms with Crippen LogP contribution in [0.5, 0.6) is 0 Å². The van der Waals surface area contributed by atoms with E-state index in [1.165, 1.54) is 11.1 Å². The molecule has 3 atom stereocenters. The lowest BCUT2D eigenvalue weighted by atomic mass is 9.87. The number of benzene rings is 1. The number of carbonyl (C=O) groups is 2. The van der Waals surface area contributed by atoms with E-state index >= 15 is 0 Å². The first-order valence-electron chi connectivity index (χ1n) is 13.5. The average Bonchev–Trinajstić information content (AvgIpc) is 3.33. The van der Waals surface area contributed by atoms with E-state index in [4.69, 9.17) is 0 Å². The number of aromatic nitrogens is 1. The van der Waals surface area contributed by atoms with Crippen LogP contribution in [0.1, 0.15) is 82.0 Å². The van der Waals surface area contributed by atoms with E-state index in [1.807, 2.05) is 32.9 Å². The summed E-state index contributed by atoms with van der Waals surface area (Å²) in [6.07, 6.45) is 1.12. The zero-order valence-electron chi connectivity index (χ0n) is 22.6. The maximum Gasteiger partial charge on any atom is 0.417 e. The van der Waals surface area contributed by atoms with Gasteiger partial charge in [0.05, 0.1) is 17.7 Å². The van der Waals surface area contributed by atoms with Crippen molar-refractivity contribution in [3.05, 3.63) is 59.4 Å². The first-order valence-corrected chi connectivity index (χ1v) is 13.5. The molecule has 2 heterocycles. The summed E-state index contributed by atoms with van der Waals surface area (Å²) in [5.74, 6) is -1.06. The van der Waals surface area contributed by atoms with Crippen LogP contribution in [0.2, 0.25) is 0 Å². The molecule has 0 spiro atoms. The third kappa shape index (κ3) is 6.97. The fourth-order valence-corrected chi connectivity index (χ4v) is 5.31. The third-order valence-electron chi connectivity index (χ3n) is 7.52. The first kappa shape index (κ1) is 29.0. The molecule has 7 nitrogen and oxygen atoms in total. The standard InChI is InChI=1S/C29H37F3N4O3/c1-28(2,3)19-9-11-22(12-10-19)36(27(39)24-14-23(37)17-34-24)25(26(38)35-21-7-5-4-6-8-21)18-13-20(16-33-15-18)29(30,31)32/h9-13,15-16,21,23-25,34,37H,4-8,14,17H2,1-3H3,(H,35,38).